The summed E-state index contributed by atoms with van der Waals surface area (Å²) in [4.78, 5) is 24.2. The Morgan fingerprint density at radius 3 is 2.12 bits per heavy atom. The molecular weight excluding hydrogens is 400 g/mol. The van der Waals surface area contributed by atoms with Crippen molar-refractivity contribution in [3.05, 3.63) is 58.5 Å². The van der Waals surface area contributed by atoms with Crippen molar-refractivity contribution in [1.82, 2.24) is 0 Å². The molecule has 0 atom stereocenters. The van der Waals surface area contributed by atoms with Gasteiger partial charge in [-0.2, -0.15) is 0 Å². The summed E-state index contributed by atoms with van der Waals surface area (Å²) in [7, 11) is 0. The van der Waals surface area contributed by atoms with E-state index in [0.29, 0.717) is 12.2 Å². The van der Waals surface area contributed by atoms with Crippen molar-refractivity contribution in [2.45, 2.75) is 96.8 Å². The van der Waals surface area contributed by atoms with Gasteiger partial charge in [-0.3, -0.25) is 0 Å². The topological polar surface area (TPSA) is 56.5 Å². The lowest BCUT2D eigenvalue weighted by Gasteiger charge is -2.05. The lowest BCUT2D eigenvalue weighted by atomic mass is 10.1. The molecule has 0 aliphatic heterocycles. The summed E-state index contributed by atoms with van der Waals surface area (Å²) in [6, 6.07) is 8.69. The van der Waals surface area contributed by atoms with E-state index < -0.39 is 11.6 Å². The molecule has 0 radical (unpaired) electrons. The maximum Gasteiger partial charge on any atom is 0.351 e. The SMILES string of the molecule is CCCCCCCCC=CCCCCCCCCOC(=O)c1cc2ccccc2oc1=O. The second-order valence-corrected chi connectivity index (χ2v) is 8.56. The number of benzene rings is 1. The van der Waals surface area contributed by atoms with Gasteiger partial charge in [0, 0.05) is 5.39 Å². The fourth-order valence-electron chi connectivity index (χ4n) is 3.80. The molecule has 0 aliphatic rings. The van der Waals surface area contributed by atoms with Gasteiger partial charge in [-0.25, -0.2) is 9.59 Å². The first-order valence-electron chi connectivity index (χ1n) is 12.6. The van der Waals surface area contributed by atoms with Gasteiger partial charge in [0.05, 0.1) is 6.61 Å². The first-order valence-corrected chi connectivity index (χ1v) is 12.6. The molecule has 1 heterocycles. The number of para-hydroxylation sites is 1. The third kappa shape index (κ3) is 10.3. The number of ether oxygens (including phenoxy) is 1. The second-order valence-electron chi connectivity index (χ2n) is 8.56. The number of carbonyl (C=O) groups excluding carboxylic acids is 1. The van der Waals surface area contributed by atoms with Crippen LogP contribution < -0.4 is 5.63 Å². The Hall–Kier alpha value is -2.36. The van der Waals surface area contributed by atoms with E-state index in [-0.39, 0.29) is 5.56 Å². The number of hydrogen-bond donors (Lipinski definition) is 0. The van der Waals surface area contributed by atoms with E-state index >= 15 is 0 Å². The summed E-state index contributed by atoms with van der Waals surface area (Å²) in [5.74, 6) is -0.600. The van der Waals surface area contributed by atoms with Crippen molar-refractivity contribution in [2.24, 2.45) is 0 Å². The first kappa shape index (κ1) is 25.9. The summed E-state index contributed by atoms with van der Waals surface area (Å²) >= 11 is 0. The maximum absolute atomic E-state index is 12.2. The van der Waals surface area contributed by atoms with Crippen LogP contribution >= 0.6 is 0 Å². The molecule has 2 aromatic rings. The highest BCUT2D eigenvalue weighted by atomic mass is 16.5. The largest absolute Gasteiger partial charge is 0.462 e. The summed E-state index contributed by atoms with van der Waals surface area (Å²) in [6.45, 7) is 2.60. The lowest BCUT2D eigenvalue weighted by molar-refractivity contribution is 0.0493. The Morgan fingerprint density at radius 2 is 1.44 bits per heavy atom. The van der Waals surface area contributed by atoms with Crippen molar-refractivity contribution in [3.8, 4) is 0 Å². The van der Waals surface area contributed by atoms with Crippen LogP contribution in [0.1, 0.15) is 107 Å². The Balaban J connectivity index is 1.45. The van der Waals surface area contributed by atoms with E-state index in [1.54, 1.807) is 24.3 Å². The normalized spacial score (nSPS) is 11.4. The molecule has 0 saturated carbocycles. The van der Waals surface area contributed by atoms with Gasteiger partial charge in [-0.15, -0.1) is 0 Å². The van der Waals surface area contributed by atoms with Gasteiger partial charge in [0.25, 0.3) is 0 Å². The van der Waals surface area contributed by atoms with Gasteiger partial charge in [0.2, 0.25) is 0 Å². The number of esters is 1. The smallest absolute Gasteiger partial charge is 0.351 e. The third-order valence-electron chi connectivity index (χ3n) is 5.75. The van der Waals surface area contributed by atoms with E-state index in [1.807, 2.05) is 6.07 Å². The van der Waals surface area contributed by atoms with Crippen molar-refractivity contribution < 1.29 is 13.9 Å². The third-order valence-corrected chi connectivity index (χ3v) is 5.75. The average molecular weight is 441 g/mol. The lowest BCUT2D eigenvalue weighted by Crippen LogP contribution is -2.16. The molecule has 0 spiro atoms. The Morgan fingerprint density at radius 1 is 0.844 bits per heavy atom. The predicted molar refractivity (Wildman–Crippen MR) is 132 cm³/mol. The Bertz CT molecular complexity index is 865. The second kappa shape index (κ2) is 16.3. The van der Waals surface area contributed by atoms with Gasteiger partial charge >= 0.3 is 11.6 Å². The van der Waals surface area contributed by atoms with Gasteiger partial charge in [0.15, 0.2) is 0 Å². The van der Waals surface area contributed by atoms with Crippen LogP contribution in [0.2, 0.25) is 0 Å². The standard InChI is InChI=1S/C28H40O4/c1-2-3-4-5-6-7-8-9-10-11-12-13-14-15-16-19-22-31-27(29)25-23-24-20-17-18-21-26(24)32-28(25)30/h9-10,17-18,20-21,23H,2-8,11-16,19,22H2,1H3. The van der Waals surface area contributed by atoms with Crippen molar-refractivity contribution in [1.29, 1.82) is 0 Å². The molecule has 4 heteroatoms. The van der Waals surface area contributed by atoms with Crippen LogP contribution in [-0.4, -0.2) is 12.6 Å². The monoisotopic (exact) mass is 440 g/mol. The molecule has 0 saturated heterocycles. The predicted octanol–water partition coefficient (Wildman–Crippen LogP) is 7.99. The molecule has 176 valence electrons. The summed E-state index contributed by atoms with van der Waals surface area (Å²) < 4.78 is 10.5. The molecule has 32 heavy (non-hydrogen) atoms. The van der Waals surface area contributed by atoms with E-state index in [2.05, 4.69) is 19.1 Å². The van der Waals surface area contributed by atoms with Crippen LogP contribution in [0.4, 0.5) is 0 Å². The number of allylic oxidation sites excluding steroid dienone is 2. The fraction of sp³-hybridized carbons (Fsp3) is 0.571. The van der Waals surface area contributed by atoms with Crippen LogP contribution in [-0.2, 0) is 4.74 Å². The Labute approximate surface area is 193 Å². The number of carbonyl (C=O) groups is 1. The molecule has 0 amide bonds. The zero-order valence-electron chi connectivity index (χ0n) is 19.8. The molecular formula is C28H40O4. The van der Waals surface area contributed by atoms with Crippen molar-refractivity contribution in [2.75, 3.05) is 6.61 Å². The molecule has 4 nitrogen and oxygen atoms in total. The molecule has 0 aliphatic carbocycles. The molecule has 0 bridgehead atoms. The zero-order valence-corrected chi connectivity index (χ0v) is 19.8. The zero-order chi connectivity index (χ0) is 22.9. The van der Waals surface area contributed by atoms with E-state index in [1.165, 1.54) is 70.6 Å². The highest BCUT2D eigenvalue weighted by Crippen LogP contribution is 2.14. The molecule has 1 aromatic carbocycles. The summed E-state index contributed by atoms with van der Waals surface area (Å²) in [5.41, 5.74) is -0.203. The van der Waals surface area contributed by atoms with Gasteiger partial charge < -0.3 is 9.15 Å². The molecule has 0 N–H and O–H groups in total. The minimum atomic E-state index is -0.644. The molecule has 0 fully saturated rings. The van der Waals surface area contributed by atoms with Crippen LogP contribution in [0, 0.1) is 0 Å². The highest BCUT2D eigenvalue weighted by Gasteiger charge is 2.14. The van der Waals surface area contributed by atoms with Crippen LogP contribution in [0.15, 0.2) is 51.7 Å². The fourth-order valence-corrected chi connectivity index (χ4v) is 3.80. The van der Waals surface area contributed by atoms with Gasteiger partial charge in [-0.1, -0.05) is 95.1 Å². The minimum Gasteiger partial charge on any atom is -0.462 e. The number of unbranched alkanes of at least 4 members (excludes halogenated alkanes) is 12. The van der Waals surface area contributed by atoms with Gasteiger partial charge in [0.1, 0.15) is 11.1 Å². The number of rotatable bonds is 17. The van der Waals surface area contributed by atoms with Crippen LogP contribution in [0.3, 0.4) is 0 Å². The van der Waals surface area contributed by atoms with E-state index in [4.69, 9.17) is 9.15 Å². The number of hydrogen-bond acceptors (Lipinski definition) is 4. The quantitative estimate of drug-likeness (QED) is 0.108. The molecule has 2 rings (SSSR count). The number of fused-ring (bicyclic) bond motifs is 1. The highest BCUT2D eigenvalue weighted by molar-refractivity contribution is 5.92. The van der Waals surface area contributed by atoms with Gasteiger partial charge in [-0.05, 0) is 44.2 Å². The molecule has 0 unspecified atom stereocenters. The first-order chi connectivity index (χ1) is 15.7. The average Bonchev–Trinajstić information content (AvgIpc) is 2.80. The molecule has 1 aromatic heterocycles. The van der Waals surface area contributed by atoms with E-state index in [9.17, 15) is 9.59 Å². The van der Waals surface area contributed by atoms with Crippen LogP contribution in [0.25, 0.3) is 11.0 Å². The van der Waals surface area contributed by atoms with Crippen molar-refractivity contribution in [3.63, 3.8) is 0 Å². The van der Waals surface area contributed by atoms with E-state index in [0.717, 1.165) is 24.6 Å². The van der Waals surface area contributed by atoms with Crippen molar-refractivity contribution >= 4 is 16.9 Å². The summed E-state index contributed by atoms with van der Waals surface area (Å²) in [5, 5.41) is 0.719. The maximum atomic E-state index is 12.2. The minimum absolute atomic E-state index is 0.0340. The van der Waals surface area contributed by atoms with Crippen LogP contribution in [0.5, 0.6) is 0 Å². The summed E-state index contributed by atoms with van der Waals surface area (Å²) in [6.07, 6.45) is 22.0. The Kier molecular flexibility index (Phi) is 13.2.